The number of rotatable bonds is 6. The van der Waals surface area contributed by atoms with Crippen LogP contribution in [0, 0.1) is 0 Å². The fourth-order valence-corrected chi connectivity index (χ4v) is 4.08. The van der Waals surface area contributed by atoms with E-state index in [9.17, 15) is 0 Å². The minimum absolute atomic E-state index is 0.219. The molecule has 0 saturated carbocycles. The Morgan fingerprint density at radius 1 is 1.21 bits per heavy atom. The van der Waals surface area contributed by atoms with Crippen molar-refractivity contribution in [2.45, 2.75) is 17.5 Å². The first-order valence-corrected chi connectivity index (χ1v) is 10.5. The standard InChI is InChI=1S/C18H16BrClN4O3S/c19-12-2-1-3-13(8-12)27-9-16-22-23-18(24(16)21)28-10-11-6-14(20)17-15(7-11)25-4-5-26-17/h1-3,6-8H,4-5,9-10,21H2. The van der Waals surface area contributed by atoms with Crippen molar-refractivity contribution in [3.63, 3.8) is 0 Å². The molecular formula is C18H16BrClN4O3S. The maximum absolute atomic E-state index is 6.28. The van der Waals surface area contributed by atoms with Crippen LogP contribution < -0.4 is 20.1 Å². The zero-order valence-electron chi connectivity index (χ0n) is 14.6. The quantitative estimate of drug-likeness (QED) is 0.418. The molecule has 146 valence electrons. The Hall–Kier alpha value is -2.10. The minimum atomic E-state index is 0.219. The summed E-state index contributed by atoms with van der Waals surface area (Å²) in [6, 6.07) is 11.3. The van der Waals surface area contributed by atoms with Gasteiger partial charge < -0.3 is 20.1 Å². The van der Waals surface area contributed by atoms with E-state index in [1.807, 2.05) is 36.4 Å². The molecule has 3 aromatic rings. The van der Waals surface area contributed by atoms with Gasteiger partial charge in [-0.3, -0.25) is 0 Å². The fourth-order valence-electron chi connectivity index (χ4n) is 2.60. The van der Waals surface area contributed by atoms with Crippen molar-refractivity contribution >= 4 is 39.3 Å². The lowest BCUT2D eigenvalue weighted by Crippen LogP contribution is -2.16. The summed E-state index contributed by atoms with van der Waals surface area (Å²) in [6.45, 7) is 1.23. The molecule has 1 aliphatic heterocycles. The highest BCUT2D eigenvalue weighted by Crippen LogP contribution is 2.39. The van der Waals surface area contributed by atoms with Crippen LogP contribution in [0.2, 0.25) is 5.02 Å². The Morgan fingerprint density at radius 2 is 2.07 bits per heavy atom. The number of hydrogen-bond acceptors (Lipinski definition) is 7. The van der Waals surface area contributed by atoms with Crippen molar-refractivity contribution in [2.24, 2.45) is 0 Å². The van der Waals surface area contributed by atoms with Gasteiger partial charge in [0, 0.05) is 10.2 Å². The molecule has 28 heavy (non-hydrogen) atoms. The maximum Gasteiger partial charge on any atom is 0.210 e. The molecule has 2 aromatic carbocycles. The number of thioether (sulfide) groups is 1. The number of fused-ring (bicyclic) bond motifs is 1. The van der Waals surface area contributed by atoms with Gasteiger partial charge in [0.1, 0.15) is 25.6 Å². The van der Waals surface area contributed by atoms with Gasteiger partial charge in [0.2, 0.25) is 5.16 Å². The Kier molecular flexibility index (Phi) is 5.84. The van der Waals surface area contributed by atoms with Crippen LogP contribution >= 0.6 is 39.3 Å². The number of aromatic nitrogens is 3. The molecule has 0 saturated heterocycles. The third-order valence-corrected chi connectivity index (χ3v) is 5.71. The molecule has 4 rings (SSSR count). The first kappa shape index (κ1) is 19.2. The van der Waals surface area contributed by atoms with Gasteiger partial charge in [-0.25, -0.2) is 4.68 Å². The van der Waals surface area contributed by atoms with Gasteiger partial charge in [0.05, 0.1) is 5.02 Å². The van der Waals surface area contributed by atoms with Crippen LogP contribution in [0.5, 0.6) is 17.2 Å². The summed E-state index contributed by atoms with van der Waals surface area (Å²) in [5.41, 5.74) is 0.981. The second-order valence-electron chi connectivity index (χ2n) is 5.91. The monoisotopic (exact) mass is 482 g/mol. The molecule has 0 atom stereocenters. The van der Waals surface area contributed by atoms with Crippen LogP contribution in [0.15, 0.2) is 46.0 Å². The summed E-state index contributed by atoms with van der Waals surface area (Å²) >= 11 is 11.1. The molecule has 0 unspecified atom stereocenters. The number of halogens is 2. The van der Waals surface area contributed by atoms with E-state index in [-0.39, 0.29) is 6.61 Å². The summed E-state index contributed by atoms with van der Waals surface area (Å²) in [7, 11) is 0. The minimum Gasteiger partial charge on any atom is -0.486 e. The third kappa shape index (κ3) is 4.31. The first-order valence-electron chi connectivity index (χ1n) is 8.38. The number of nitrogens with two attached hydrogens (primary N) is 1. The Morgan fingerprint density at radius 3 is 2.93 bits per heavy atom. The number of benzene rings is 2. The molecule has 2 heterocycles. The van der Waals surface area contributed by atoms with Crippen molar-refractivity contribution in [2.75, 3.05) is 19.1 Å². The largest absolute Gasteiger partial charge is 0.486 e. The molecule has 0 spiro atoms. The number of hydrogen-bond donors (Lipinski definition) is 1. The van der Waals surface area contributed by atoms with E-state index >= 15 is 0 Å². The van der Waals surface area contributed by atoms with E-state index in [1.54, 1.807) is 0 Å². The molecule has 0 amide bonds. The van der Waals surface area contributed by atoms with Gasteiger partial charge in [0.25, 0.3) is 0 Å². The third-order valence-electron chi connectivity index (χ3n) is 3.92. The Labute approximate surface area is 179 Å². The van der Waals surface area contributed by atoms with E-state index < -0.39 is 0 Å². The van der Waals surface area contributed by atoms with Crippen LogP contribution in [-0.4, -0.2) is 28.1 Å². The van der Waals surface area contributed by atoms with Gasteiger partial charge in [-0.1, -0.05) is 45.4 Å². The topological polar surface area (TPSA) is 84.4 Å². The molecule has 0 bridgehead atoms. The maximum atomic E-state index is 6.28. The highest BCUT2D eigenvalue weighted by atomic mass is 79.9. The smallest absolute Gasteiger partial charge is 0.210 e. The molecule has 1 aromatic heterocycles. The van der Waals surface area contributed by atoms with Crippen molar-refractivity contribution in [1.82, 2.24) is 14.9 Å². The summed E-state index contributed by atoms with van der Waals surface area (Å²) in [5, 5.41) is 9.37. The van der Waals surface area contributed by atoms with E-state index in [0.717, 1.165) is 15.8 Å². The molecular weight excluding hydrogens is 468 g/mol. The summed E-state index contributed by atoms with van der Waals surface area (Å²) in [5.74, 6) is 9.22. The molecule has 0 radical (unpaired) electrons. The second-order valence-corrected chi connectivity index (χ2v) is 8.17. The molecule has 7 nitrogen and oxygen atoms in total. The second kappa shape index (κ2) is 8.50. The zero-order valence-corrected chi connectivity index (χ0v) is 17.8. The molecule has 0 fully saturated rings. The molecule has 0 aliphatic carbocycles. The highest BCUT2D eigenvalue weighted by molar-refractivity contribution is 9.10. The fraction of sp³-hybridized carbons (Fsp3) is 0.222. The molecule has 2 N–H and O–H groups in total. The van der Waals surface area contributed by atoms with Crippen LogP contribution in [-0.2, 0) is 12.4 Å². The summed E-state index contributed by atoms with van der Waals surface area (Å²) in [4.78, 5) is 0. The lowest BCUT2D eigenvalue weighted by molar-refractivity contribution is 0.171. The lowest BCUT2D eigenvalue weighted by atomic mass is 10.2. The van der Waals surface area contributed by atoms with Gasteiger partial charge >= 0.3 is 0 Å². The van der Waals surface area contributed by atoms with Crippen molar-refractivity contribution in [3.8, 4) is 17.2 Å². The Bertz CT molecular complexity index is 1000. The van der Waals surface area contributed by atoms with Crippen molar-refractivity contribution in [1.29, 1.82) is 0 Å². The highest BCUT2D eigenvalue weighted by Gasteiger charge is 2.17. The van der Waals surface area contributed by atoms with Gasteiger partial charge in [-0.15, -0.1) is 10.2 Å². The van der Waals surface area contributed by atoms with E-state index in [1.165, 1.54) is 16.4 Å². The van der Waals surface area contributed by atoms with Gasteiger partial charge in [-0.2, -0.15) is 0 Å². The Balaban J connectivity index is 1.40. The van der Waals surface area contributed by atoms with Gasteiger partial charge in [0.15, 0.2) is 17.3 Å². The zero-order chi connectivity index (χ0) is 19.5. The van der Waals surface area contributed by atoms with Gasteiger partial charge in [-0.05, 0) is 35.9 Å². The van der Waals surface area contributed by atoms with E-state index in [4.69, 9.17) is 31.7 Å². The average molecular weight is 484 g/mol. The van der Waals surface area contributed by atoms with Crippen LogP contribution in [0.1, 0.15) is 11.4 Å². The first-order chi connectivity index (χ1) is 13.6. The summed E-state index contributed by atoms with van der Waals surface area (Å²) < 4.78 is 19.2. The van der Waals surface area contributed by atoms with E-state index in [0.29, 0.717) is 46.5 Å². The number of nitrogen functional groups attached to an aromatic ring is 1. The molecule has 1 aliphatic rings. The van der Waals surface area contributed by atoms with Crippen LogP contribution in [0.3, 0.4) is 0 Å². The summed E-state index contributed by atoms with van der Waals surface area (Å²) in [6.07, 6.45) is 0. The van der Waals surface area contributed by atoms with Crippen molar-refractivity contribution < 1.29 is 14.2 Å². The van der Waals surface area contributed by atoms with Crippen LogP contribution in [0.25, 0.3) is 0 Å². The predicted molar refractivity (Wildman–Crippen MR) is 111 cm³/mol. The van der Waals surface area contributed by atoms with Crippen molar-refractivity contribution in [3.05, 3.63) is 57.3 Å². The number of ether oxygens (including phenoxy) is 3. The number of nitrogens with zero attached hydrogens (tertiary/aromatic N) is 3. The predicted octanol–water partition coefficient (Wildman–Crippen LogP) is 4.05. The SMILES string of the molecule is Nn1c(COc2cccc(Br)c2)nnc1SCc1cc(Cl)c2c(c1)OCCO2. The molecule has 10 heteroatoms. The van der Waals surface area contributed by atoms with Crippen LogP contribution in [0.4, 0.5) is 0 Å². The average Bonchev–Trinajstić information content (AvgIpc) is 3.04. The normalized spacial score (nSPS) is 12.8. The lowest BCUT2D eigenvalue weighted by Gasteiger charge is -2.20. The van der Waals surface area contributed by atoms with E-state index in [2.05, 4.69) is 26.1 Å².